The molecule has 5 nitrogen and oxygen atoms in total. The molecule has 21 heavy (non-hydrogen) atoms. The number of halogens is 1. The molecule has 1 heterocycles. The molecule has 0 radical (unpaired) electrons. The molecule has 0 saturated carbocycles. The van der Waals surface area contributed by atoms with E-state index >= 15 is 0 Å². The maximum Gasteiger partial charge on any atom is 0.243 e. The van der Waals surface area contributed by atoms with Gasteiger partial charge < -0.3 is 4.90 Å². The van der Waals surface area contributed by atoms with Gasteiger partial charge >= 0.3 is 0 Å². The summed E-state index contributed by atoms with van der Waals surface area (Å²) in [5, 5.41) is -0.0265. The van der Waals surface area contributed by atoms with Gasteiger partial charge in [-0.3, -0.25) is 0 Å². The van der Waals surface area contributed by atoms with Crippen LogP contribution in [-0.4, -0.2) is 33.5 Å². The van der Waals surface area contributed by atoms with Crippen LogP contribution in [0.5, 0.6) is 0 Å². The first kappa shape index (κ1) is 15.8. The SMILES string of the molecule is CN(CCNS(=O)(=O)c1cccnc1Cl)c1ccccc1. The summed E-state index contributed by atoms with van der Waals surface area (Å²) in [6, 6.07) is 12.7. The number of para-hydroxylation sites is 1. The van der Waals surface area contributed by atoms with Crippen molar-refractivity contribution >= 4 is 27.3 Å². The Labute approximate surface area is 129 Å². The Morgan fingerprint density at radius 2 is 1.90 bits per heavy atom. The molecule has 0 bridgehead atoms. The molecule has 0 aliphatic carbocycles. The fourth-order valence-electron chi connectivity index (χ4n) is 1.81. The van der Waals surface area contributed by atoms with Crippen molar-refractivity contribution < 1.29 is 8.42 Å². The van der Waals surface area contributed by atoms with Gasteiger partial charge in [-0.1, -0.05) is 29.8 Å². The molecule has 0 amide bonds. The zero-order valence-corrected chi connectivity index (χ0v) is 13.1. The number of rotatable bonds is 6. The Bertz CT molecular complexity index is 692. The van der Waals surface area contributed by atoms with E-state index in [0.717, 1.165) is 5.69 Å². The summed E-state index contributed by atoms with van der Waals surface area (Å²) >= 11 is 5.81. The van der Waals surface area contributed by atoms with E-state index in [4.69, 9.17) is 11.6 Å². The van der Waals surface area contributed by atoms with Crippen LogP contribution in [0.2, 0.25) is 5.15 Å². The van der Waals surface area contributed by atoms with Gasteiger partial charge in [0, 0.05) is 32.0 Å². The lowest BCUT2D eigenvalue weighted by atomic mass is 10.3. The summed E-state index contributed by atoms with van der Waals surface area (Å²) in [5.41, 5.74) is 1.02. The van der Waals surface area contributed by atoms with Crippen LogP contribution in [-0.2, 0) is 10.0 Å². The number of anilines is 1. The molecule has 0 spiro atoms. The summed E-state index contributed by atoms with van der Waals surface area (Å²) in [6.07, 6.45) is 1.45. The maximum atomic E-state index is 12.1. The number of pyridine rings is 1. The van der Waals surface area contributed by atoms with E-state index in [1.165, 1.54) is 18.3 Å². The highest BCUT2D eigenvalue weighted by atomic mass is 35.5. The average Bonchev–Trinajstić information content (AvgIpc) is 2.48. The fourth-order valence-corrected chi connectivity index (χ4v) is 3.28. The molecular weight excluding hydrogens is 310 g/mol. The molecule has 1 N–H and O–H groups in total. The van der Waals surface area contributed by atoms with E-state index in [1.54, 1.807) is 0 Å². The normalized spacial score (nSPS) is 11.3. The van der Waals surface area contributed by atoms with Gasteiger partial charge in [0.1, 0.15) is 10.0 Å². The highest BCUT2D eigenvalue weighted by molar-refractivity contribution is 7.89. The summed E-state index contributed by atoms with van der Waals surface area (Å²) in [7, 11) is -1.74. The standard InChI is InChI=1S/C14H16ClN3O2S/c1-18(12-6-3-2-4-7-12)11-10-17-21(19,20)13-8-5-9-16-14(13)15/h2-9,17H,10-11H2,1H3. The minimum absolute atomic E-state index is 0.00553. The molecule has 2 aromatic rings. The van der Waals surface area contributed by atoms with E-state index in [1.807, 2.05) is 42.3 Å². The number of aromatic nitrogens is 1. The summed E-state index contributed by atoms with van der Waals surface area (Å²) in [4.78, 5) is 5.73. The van der Waals surface area contributed by atoms with Crippen molar-refractivity contribution in [3.63, 3.8) is 0 Å². The van der Waals surface area contributed by atoms with Crippen molar-refractivity contribution in [2.75, 3.05) is 25.0 Å². The van der Waals surface area contributed by atoms with Crippen molar-refractivity contribution in [2.45, 2.75) is 4.90 Å². The van der Waals surface area contributed by atoms with Crippen LogP contribution in [0.15, 0.2) is 53.6 Å². The zero-order valence-electron chi connectivity index (χ0n) is 11.5. The number of nitrogens with zero attached hydrogens (tertiary/aromatic N) is 2. The molecule has 0 saturated heterocycles. The van der Waals surface area contributed by atoms with Crippen molar-refractivity contribution in [3.05, 3.63) is 53.8 Å². The minimum atomic E-state index is -3.64. The van der Waals surface area contributed by atoms with Gasteiger partial charge in [-0.2, -0.15) is 0 Å². The second-order valence-electron chi connectivity index (χ2n) is 4.45. The molecule has 7 heteroatoms. The second kappa shape index (κ2) is 6.89. The van der Waals surface area contributed by atoms with Gasteiger partial charge in [0.15, 0.2) is 0 Å². The molecule has 112 valence electrons. The van der Waals surface area contributed by atoms with Crippen molar-refractivity contribution in [2.24, 2.45) is 0 Å². The first-order valence-electron chi connectivity index (χ1n) is 6.37. The van der Waals surface area contributed by atoms with Crippen molar-refractivity contribution in [3.8, 4) is 0 Å². The molecule has 0 aliphatic rings. The Morgan fingerprint density at radius 1 is 1.19 bits per heavy atom. The number of likely N-dealkylation sites (N-methyl/N-ethyl adjacent to an activating group) is 1. The third-order valence-corrected chi connectivity index (χ3v) is 4.86. The zero-order chi connectivity index (χ0) is 15.3. The topological polar surface area (TPSA) is 62.3 Å². The highest BCUT2D eigenvalue weighted by Crippen LogP contribution is 2.17. The smallest absolute Gasteiger partial charge is 0.243 e. The van der Waals surface area contributed by atoms with Crippen molar-refractivity contribution in [1.82, 2.24) is 9.71 Å². The molecule has 0 atom stereocenters. The monoisotopic (exact) mass is 325 g/mol. The third-order valence-electron chi connectivity index (χ3n) is 2.95. The van der Waals surface area contributed by atoms with Crippen LogP contribution in [0.4, 0.5) is 5.69 Å². The average molecular weight is 326 g/mol. The van der Waals surface area contributed by atoms with Crippen LogP contribution in [0.3, 0.4) is 0 Å². The molecule has 0 fully saturated rings. The molecule has 1 aromatic heterocycles. The third kappa shape index (κ3) is 4.17. The first-order valence-corrected chi connectivity index (χ1v) is 8.23. The number of nitrogens with one attached hydrogen (secondary N) is 1. The Hall–Kier alpha value is -1.63. The van der Waals surface area contributed by atoms with Crippen LogP contribution in [0, 0.1) is 0 Å². The van der Waals surface area contributed by atoms with E-state index < -0.39 is 10.0 Å². The number of hydrogen-bond acceptors (Lipinski definition) is 4. The number of sulfonamides is 1. The van der Waals surface area contributed by atoms with Gasteiger partial charge in [-0.05, 0) is 24.3 Å². The Kier molecular flexibility index (Phi) is 5.17. The largest absolute Gasteiger partial charge is 0.373 e. The lowest BCUT2D eigenvalue weighted by Gasteiger charge is -2.19. The van der Waals surface area contributed by atoms with Gasteiger partial charge in [0.2, 0.25) is 10.0 Å². The van der Waals surface area contributed by atoms with E-state index in [2.05, 4.69) is 9.71 Å². The molecule has 0 aliphatic heterocycles. The number of hydrogen-bond donors (Lipinski definition) is 1. The lowest BCUT2D eigenvalue weighted by Crippen LogP contribution is -2.33. The van der Waals surface area contributed by atoms with Crippen LogP contribution in [0.25, 0.3) is 0 Å². The summed E-state index contributed by atoms with van der Waals surface area (Å²) in [5.74, 6) is 0. The van der Waals surface area contributed by atoms with E-state index in [-0.39, 0.29) is 16.6 Å². The quantitative estimate of drug-likeness (QED) is 0.827. The Morgan fingerprint density at radius 3 is 2.57 bits per heavy atom. The van der Waals surface area contributed by atoms with Crippen LogP contribution >= 0.6 is 11.6 Å². The molecule has 2 rings (SSSR count). The van der Waals surface area contributed by atoms with Gasteiger partial charge in [0.05, 0.1) is 0 Å². The van der Waals surface area contributed by atoms with E-state index in [0.29, 0.717) is 6.54 Å². The van der Waals surface area contributed by atoms with E-state index in [9.17, 15) is 8.42 Å². The molecule has 1 aromatic carbocycles. The highest BCUT2D eigenvalue weighted by Gasteiger charge is 2.17. The van der Waals surface area contributed by atoms with Crippen LogP contribution < -0.4 is 9.62 Å². The van der Waals surface area contributed by atoms with Crippen LogP contribution in [0.1, 0.15) is 0 Å². The van der Waals surface area contributed by atoms with Crippen molar-refractivity contribution in [1.29, 1.82) is 0 Å². The lowest BCUT2D eigenvalue weighted by molar-refractivity contribution is 0.581. The minimum Gasteiger partial charge on any atom is -0.373 e. The number of benzene rings is 1. The summed E-state index contributed by atoms with van der Waals surface area (Å²) < 4.78 is 26.8. The summed E-state index contributed by atoms with van der Waals surface area (Å²) in [6.45, 7) is 0.820. The maximum absolute atomic E-state index is 12.1. The van der Waals surface area contributed by atoms with Gasteiger partial charge in [-0.15, -0.1) is 0 Å². The van der Waals surface area contributed by atoms with Gasteiger partial charge in [-0.25, -0.2) is 18.1 Å². The van der Waals surface area contributed by atoms with Gasteiger partial charge in [0.25, 0.3) is 0 Å². The Balaban J connectivity index is 1.96. The molecule has 0 unspecified atom stereocenters. The second-order valence-corrected chi connectivity index (χ2v) is 6.54. The fraction of sp³-hybridized carbons (Fsp3) is 0.214. The first-order chi connectivity index (χ1) is 10.0. The predicted molar refractivity (Wildman–Crippen MR) is 84.1 cm³/mol. The molecular formula is C14H16ClN3O2S. The predicted octanol–water partition coefficient (Wildman–Crippen LogP) is 2.15.